The van der Waals surface area contributed by atoms with Crippen molar-refractivity contribution >= 4 is 5.91 Å². The Kier molecular flexibility index (Phi) is 5.26. The van der Waals surface area contributed by atoms with E-state index in [1.54, 1.807) is 36.1 Å². The topological polar surface area (TPSA) is 56.2 Å². The molecule has 7 heteroatoms. The van der Waals surface area contributed by atoms with Crippen LogP contribution in [0, 0.1) is 11.6 Å². The second-order valence-corrected chi connectivity index (χ2v) is 5.69. The number of benzene rings is 2. The van der Waals surface area contributed by atoms with Crippen LogP contribution in [-0.2, 0) is 11.8 Å². The summed E-state index contributed by atoms with van der Waals surface area (Å²) in [5.74, 6) is -0.137. The van der Waals surface area contributed by atoms with Gasteiger partial charge in [-0.2, -0.15) is 0 Å². The highest BCUT2D eigenvalue weighted by Crippen LogP contribution is 2.21. The van der Waals surface area contributed by atoms with Gasteiger partial charge in [0.1, 0.15) is 29.3 Å². The number of hydrogen-bond acceptors (Lipinski definition) is 3. The van der Waals surface area contributed by atoms with Crippen LogP contribution in [0.5, 0.6) is 5.75 Å². The van der Waals surface area contributed by atoms with E-state index in [4.69, 9.17) is 4.74 Å². The van der Waals surface area contributed by atoms with E-state index >= 15 is 0 Å². The maximum Gasteiger partial charge on any atom is 0.258 e. The third-order valence-electron chi connectivity index (χ3n) is 3.81. The number of nitrogens with zero attached hydrogens (tertiary/aromatic N) is 2. The van der Waals surface area contributed by atoms with Gasteiger partial charge in [0, 0.05) is 19.4 Å². The summed E-state index contributed by atoms with van der Waals surface area (Å²) in [5, 5.41) is 2.83. The van der Waals surface area contributed by atoms with E-state index in [0.717, 1.165) is 0 Å². The van der Waals surface area contributed by atoms with Gasteiger partial charge >= 0.3 is 0 Å². The zero-order valence-corrected chi connectivity index (χ0v) is 14.0. The molecule has 0 fully saturated rings. The maximum absolute atomic E-state index is 13.2. The lowest BCUT2D eigenvalue weighted by Gasteiger charge is -2.19. The number of hydrogen-bond donors (Lipinski definition) is 1. The number of carbonyl (C=O) groups is 1. The molecular weight excluding hydrogens is 340 g/mol. The molecule has 3 aromatic rings. The molecular formula is C19H17F2N3O2. The van der Waals surface area contributed by atoms with Gasteiger partial charge in [0.25, 0.3) is 5.91 Å². The van der Waals surface area contributed by atoms with E-state index in [-0.39, 0.29) is 24.1 Å². The van der Waals surface area contributed by atoms with Crippen molar-refractivity contribution in [2.24, 2.45) is 7.05 Å². The van der Waals surface area contributed by atoms with Crippen molar-refractivity contribution < 1.29 is 18.3 Å². The third kappa shape index (κ3) is 4.24. The molecule has 0 aliphatic rings. The first-order valence-corrected chi connectivity index (χ1v) is 7.93. The minimum Gasteiger partial charge on any atom is -0.484 e. The highest BCUT2D eigenvalue weighted by Gasteiger charge is 2.21. The van der Waals surface area contributed by atoms with Crippen molar-refractivity contribution in [1.82, 2.24) is 14.9 Å². The number of amides is 1. The minimum absolute atomic E-state index is 0.242. The smallest absolute Gasteiger partial charge is 0.258 e. The second kappa shape index (κ2) is 7.77. The van der Waals surface area contributed by atoms with Crippen LogP contribution in [0.3, 0.4) is 0 Å². The first-order chi connectivity index (χ1) is 12.5. The third-order valence-corrected chi connectivity index (χ3v) is 3.81. The van der Waals surface area contributed by atoms with Crippen molar-refractivity contribution in [2.45, 2.75) is 6.04 Å². The van der Waals surface area contributed by atoms with Gasteiger partial charge in [0.05, 0.1) is 0 Å². The lowest BCUT2D eigenvalue weighted by atomic mass is 10.1. The van der Waals surface area contributed by atoms with Crippen molar-refractivity contribution in [3.63, 3.8) is 0 Å². The molecule has 1 amide bonds. The quantitative estimate of drug-likeness (QED) is 0.738. The number of carbonyl (C=O) groups excluding carboxylic acids is 1. The molecule has 0 saturated heterocycles. The van der Waals surface area contributed by atoms with E-state index in [0.29, 0.717) is 17.1 Å². The summed E-state index contributed by atoms with van der Waals surface area (Å²) in [5.41, 5.74) is 0.691. The molecule has 1 aromatic heterocycles. The zero-order chi connectivity index (χ0) is 18.5. The SMILES string of the molecule is Cn1ccnc1[C@@H](NC(=O)COc1ccc(F)cc1)c1ccc(F)cc1. The normalized spacial score (nSPS) is 11.8. The van der Waals surface area contributed by atoms with Crippen molar-refractivity contribution in [3.05, 3.63) is 83.9 Å². The van der Waals surface area contributed by atoms with Gasteiger partial charge in [-0.05, 0) is 42.0 Å². The molecule has 1 heterocycles. The van der Waals surface area contributed by atoms with Crippen LogP contribution in [0.2, 0.25) is 0 Å². The molecule has 0 unspecified atom stereocenters. The molecule has 2 aromatic carbocycles. The Hall–Kier alpha value is -3.22. The Balaban J connectivity index is 1.73. The summed E-state index contributed by atoms with van der Waals surface area (Å²) in [6, 6.07) is 10.7. The fourth-order valence-electron chi connectivity index (χ4n) is 2.49. The monoisotopic (exact) mass is 357 g/mol. The Bertz CT molecular complexity index is 877. The van der Waals surface area contributed by atoms with Gasteiger partial charge in [-0.15, -0.1) is 0 Å². The van der Waals surface area contributed by atoms with Gasteiger partial charge in [0.2, 0.25) is 0 Å². The number of nitrogens with one attached hydrogen (secondary N) is 1. The lowest BCUT2D eigenvalue weighted by molar-refractivity contribution is -0.123. The van der Waals surface area contributed by atoms with Crippen LogP contribution in [0.25, 0.3) is 0 Å². The van der Waals surface area contributed by atoms with Crippen molar-refractivity contribution in [1.29, 1.82) is 0 Å². The molecule has 0 aliphatic carbocycles. The summed E-state index contributed by atoms with van der Waals surface area (Å²) in [6.07, 6.45) is 3.38. The number of aromatic nitrogens is 2. The summed E-state index contributed by atoms with van der Waals surface area (Å²) in [7, 11) is 1.81. The van der Waals surface area contributed by atoms with Gasteiger partial charge < -0.3 is 14.6 Å². The average Bonchev–Trinajstić information content (AvgIpc) is 3.06. The van der Waals surface area contributed by atoms with Gasteiger partial charge in [-0.25, -0.2) is 13.8 Å². The molecule has 0 saturated carbocycles. The molecule has 0 spiro atoms. The number of rotatable bonds is 6. The zero-order valence-electron chi connectivity index (χ0n) is 14.0. The molecule has 0 bridgehead atoms. The Morgan fingerprint density at radius 1 is 1.12 bits per heavy atom. The predicted molar refractivity (Wildman–Crippen MR) is 91.5 cm³/mol. The molecule has 1 atom stereocenters. The van der Waals surface area contributed by atoms with Crippen LogP contribution >= 0.6 is 0 Å². The molecule has 1 N–H and O–H groups in total. The predicted octanol–water partition coefficient (Wildman–Crippen LogP) is 2.98. The summed E-state index contributed by atoms with van der Waals surface area (Å²) in [6.45, 7) is -0.242. The highest BCUT2D eigenvalue weighted by molar-refractivity contribution is 5.78. The number of aryl methyl sites for hydroxylation is 1. The minimum atomic E-state index is -0.556. The highest BCUT2D eigenvalue weighted by atomic mass is 19.1. The molecule has 0 aliphatic heterocycles. The first kappa shape index (κ1) is 17.6. The largest absolute Gasteiger partial charge is 0.484 e. The van der Waals surface area contributed by atoms with Crippen LogP contribution in [0.1, 0.15) is 17.4 Å². The summed E-state index contributed by atoms with van der Waals surface area (Å²) in [4.78, 5) is 16.6. The van der Waals surface area contributed by atoms with Crippen LogP contribution in [0.15, 0.2) is 60.9 Å². The van der Waals surface area contributed by atoms with Gasteiger partial charge in [0.15, 0.2) is 6.61 Å². The molecule has 134 valence electrons. The van der Waals surface area contributed by atoms with Crippen LogP contribution < -0.4 is 10.1 Å². The molecule has 0 radical (unpaired) electrons. The molecule has 3 rings (SSSR count). The number of halogens is 2. The standard InChI is InChI=1S/C19H17F2N3O2/c1-24-11-10-22-19(24)18(13-2-4-14(20)5-3-13)23-17(25)12-26-16-8-6-15(21)7-9-16/h2-11,18H,12H2,1H3,(H,23,25)/t18-/m0/s1. The van der Waals surface area contributed by atoms with E-state index in [9.17, 15) is 13.6 Å². The summed E-state index contributed by atoms with van der Waals surface area (Å²) >= 11 is 0. The number of ether oxygens (including phenoxy) is 1. The van der Waals surface area contributed by atoms with E-state index in [2.05, 4.69) is 10.3 Å². The second-order valence-electron chi connectivity index (χ2n) is 5.69. The fourth-order valence-corrected chi connectivity index (χ4v) is 2.49. The van der Waals surface area contributed by atoms with Crippen molar-refractivity contribution in [2.75, 3.05) is 6.61 Å². The molecule has 5 nitrogen and oxygen atoms in total. The number of imidazole rings is 1. The fraction of sp³-hybridized carbons (Fsp3) is 0.158. The van der Waals surface area contributed by atoms with E-state index in [1.807, 2.05) is 0 Å². The van der Waals surface area contributed by atoms with E-state index < -0.39 is 6.04 Å². The van der Waals surface area contributed by atoms with E-state index in [1.165, 1.54) is 36.4 Å². The van der Waals surface area contributed by atoms with Gasteiger partial charge in [-0.1, -0.05) is 12.1 Å². The lowest BCUT2D eigenvalue weighted by Crippen LogP contribution is -2.34. The Morgan fingerprint density at radius 2 is 1.73 bits per heavy atom. The van der Waals surface area contributed by atoms with Crippen LogP contribution in [-0.4, -0.2) is 22.1 Å². The van der Waals surface area contributed by atoms with Crippen LogP contribution in [0.4, 0.5) is 8.78 Å². The maximum atomic E-state index is 13.2. The first-order valence-electron chi connectivity index (χ1n) is 7.93. The Labute approximate surface area is 149 Å². The average molecular weight is 357 g/mol. The molecule has 26 heavy (non-hydrogen) atoms. The Morgan fingerprint density at radius 3 is 2.31 bits per heavy atom. The van der Waals surface area contributed by atoms with Crippen molar-refractivity contribution in [3.8, 4) is 5.75 Å². The summed E-state index contributed by atoms with van der Waals surface area (Å²) < 4.78 is 33.2. The van der Waals surface area contributed by atoms with Gasteiger partial charge in [-0.3, -0.25) is 4.79 Å².